The molecule has 0 fully saturated rings. The predicted molar refractivity (Wildman–Crippen MR) is 92.1 cm³/mol. The Labute approximate surface area is 137 Å². The van der Waals surface area contributed by atoms with Gasteiger partial charge < -0.3 is 14.8 Å². The molecule has 2 aromatic carbocycles. The molecule has 0 aliphatic heterocycles. The van der Waals surface area contributed by atoms with Crippen molar-refractivity contribution in [2.75, 3.05) is 11.9 Å². The maximum Gasteiger partial charge on any atom is 0.265 e. The summed E-state index contributed by atoms with van der Waals surface area (Å²) in [5.41, 5.74) is 1.84. The highest BCUT2D eigenvalue weighted by atomic mass is 16.5. The minimum atomic E-state index is -0.572. The molecular formula is C19H23NO3. The molecule has 23 heavy (non-hydrogen) atoms. The van der Waals surface area contributed by atoms with Gasteiger partial charge in [0.2, 0.25) is 0 Å². The van der Waals surface area contributed by atoms with E-state index < -0.39 is 6.10 Å². The summed E-state index contributed by atoms with van der Waals surface area (Å²) >= 11 is 0. The Morgan fingerprint density at radius 1 is 1.09 bits per heavy atom. The molecule has 0 bridgehead atoms. The molecule has 0 spiro atoms. The molecule has 1 amide bonds. The first-order valence-electron chi connectivity index (χ1n) is 7.90. The zero-order valence-corrected chi connectivity index (χ0v) is 13.8. The smallest absolute Gasteiger partial charge is 0.265 e. The van der Waals surface area contributed by atoms with Crippen LogP contribution in [-0.2, 0) is 4.79 Å². The van der Waals surface area contributed by atoms with Crippen LogP contribution in [-0.4, -0.2) is 18.6 Å². The molecule has 0 saturated carbocycles. The number of amides is 1. The first-order chi connectivity index (χ1) is 11.1. The van der Waals surface area contributed by atoms with Gasteiger partial charge in [-0.1, -0.05) is 31.2 Å². The van der Waals surface area contributed by atoms with Gasteiger partial charge in [0.1, 0.15) is 0 Å². The molecule has 2 aromatic rings. The summed E-state index contributed by atoms with van der Waals surface area (Å²) in [6, 6.07) is 15.1. The maximum atomic E-state index is 12.4. The standard InChI is InChI=1S/C19H23NO3/c1-4-16(19(21)20-15-9-7-6-8-10-15)23-17-12-11-14(3)13-18(17)22-5-2/h6-13,16H,4-5H2,1-3H3,(H,20,21)/t16-/m1/s1. The first-order valence-corrected chi connectivity index (χ1v) is 7.90. The van der Waals surface area contributed by atoms with Crippen molar-refractivity contribution in [2.45, 2.75) is 33.3 Å². The monoisotopic (exact) mass is 313 g/mol. The fourth-order valence-corrected chi connectivity index (χ4v) is 2.20. The molecular weight excluding hydrogens is 290 g/mol. The second kappa shape index (κ2) is 8.22. The number of hydrogen-bond acceptors (Lipinski definition) is 3. The molecule has 0 saturated heterocycles. The second-order valence-electron chi connectivity index (χ2n) is 5.25. The number of para-hydroxylation sites is 1. The van der Waals surface area contributed by atoms with Gasteiger partial charge in [-0.05, 0) is 50.1 Å². The van der Waals surface area contributed by atoms with Gasteiger partial charge >= 0.3 is 0 Å². The average Bonchev–Trinajstić information content (AvgIpc) is 2.55. The van der Waals surface area contributed by atoms with Crippen molar-refractivity contribution >= 4 is 11.6 Å². The fourth-order valence-electron chi connectivity index (χ4n) is 2.20. The number of carbonyl (C=O) groups is 1. The average molecular weight is 313 g/mol. The molecule has 1 atom stereocenters. The Kier molecular flexibility index (Phi) is 6.03. The van der Waals surface area contributed by atoms with Crippen molar-refractivity contribution in [3.63, 3.8) is 0 Å². The van der Waals surface area contributed by atoms with Crippen LogP contribution in [0.25, 0.3) is 0 Å². The van der Waals surface area contributed by atoms with E-state index >= 15 is 0 Å². The predicted octanol–water partition coefficient (Wildman–Crippen LogP) is 4.19. The highest BCUT2D eigenvalue weighted by Gasteiger charge is 2.20. The van der Waals surface area contributed by atoms with Crippen LogP contribution in [0.5, 0.6) is 11.5 Å². The van der Waals surface area contributed by atoms with Gasteiger partial charge in [-0.2, -0.15) is 0 Å². The first kappa shape index (κ1) is 16.9. The van der Waals surface area contributed by atoms with E-state index in [2.05, 4.69) is 5.32 Å². The van der Waals surface area contributed by atoms with Crippen molar-refractivity contribution in [1.29, 1.82) is 0 Å². The second-order valence-corrected chi connectivity index (χ2v) is 5.25. The third kappa shape index (κ3) is 4.74. The number of carbonyl (C=O) groups excluding carboxylic acids is 1. The van der Waals surface area contributed by atoms with Gasteiger partial charge in [0.25, 0.3) is 5.91 Å². The number of anilines is 1. The number of rotatable bonds is 7. The number of hydrogen-bond donors (Lipinski definition) is 1. The Hall–Kier alpha value is -2.49. The molecule has 0 unspecified atom stereocenters. The lowest BCUT2D eigenvalue weighted by Crippen LogP contribution is -2.32. The van der Waals surface area contributed by atoms with E-state index in [0.717, 1.165) is 11.3 Å². The molecule has 0 heterocycles. The minimum Gasteiger partial charge on any atom is -0.490 e. The number of aryl methyl sites for hydroxylation is 1. The zero-order chi connectivity index (χ0) is 16.7. The number of nitrogens with one attached hydrogen (secondary N) is 1. The van der Waals surface area contributed by atoms with Crippen molar-refractivity contribution in [3.05, 3.63) is 54.1 Å². The van der Waals surface area contributed by atoms with Crippen LogP contribution in [0.4, 0.5) is 5.69 Å². The van der Waals surface area contributed by atoms with Crippen molar-refractivity contribution in [3.8, 4) is 11.5 Å². The Morgan fingerprint density at radius 3 is 2.48 bits per heavy atom. The molecule has 122 valence electrons. The number of benzene rings is 2. The van der Waals surface area contributed by atoms with Gasteiger partial charge in [0.15, 0.2) is 17.6 Å². The molecule has 2 rings (SSSR count). The summed E-state index contributed by atoms with van der Waals surface area (Å²) in [4.78, 5) is 12.4. The largest absolute Gasteiger partial charge is 0.490 e. The van der Waals surface area contributed by atoms with E-state index in [4.69, 9.17) is 9.47 Å². The van der Waals surface area contributed by atoms with E-state index in [0.29, 0.717) is 24.5 Å². The molecule has 0 aliphatic rings. The van der Waals surface area contributed by atoms with Crippen molar-refractivity contribution < 1.29 is 14.3 Å². The van der Waals surface area contributed by atoms with Gasteiger partial charge in [0, 0.05) is 5.69 Å². The third-order valence-corrected chi connectivity index (χ3v) is 3.37. The Balaban J connectivity index is 2.11. The van der Waals surface area contributed by atoms with E-state index in [1.807, 2.05) is 69.3 Å². The molecule has 0 aromatic heterocycles. The van der Waals surface area contributed by atoms with Crippen LogP contribution in [0.1, 0.15) is 25.8 Å². The van der Waals surface area contributed by atoms with E-state index in [1.165, 1.54) is 0 Å². The highest BCUT2D eigenvalue weighted by Crippen LogP contribution is 2.29. The van der Waals surface area contributed by atoms with E-state index in [9.17, 15) is 4.79 Å². The topological polar surface area (TPSA) is 47.6 Å². The van der Waals surface area contributed by atoms with Gasteiger partial charge in [-0.3, -0.25) is 4.79 Å². The lowest BCUT2D eigenvalue weighted by atomic mass is 10.2. The molecule has 1 N–H and O–H groups in total. The summed E-state index contributed by atoms with van der Waals surface area (Å²) in [5, 5.41) is 2.87. The normalized spacial score (nSPS) is 11.6. The SMILES string of the molecule is CCOc1cc(C)ccc1O[C@H](CC)C(=O)Nc1ccccc1. The van der Waals surface area contributed by atoms with Crippen molar-refractivity contribution in [1.82, 2.24) is 0 Å². The van der Waals surface area contributed by atoms with E-state index in [-0.39, 0.29) is 5.91 Å². The lowest BCUT2D eigenvalue weighted by Gasteiger charge is -2.19. The summed E-state index contributed by atoms with van der Waals surface area (Å²) < 4.78 is 11.5. The van der Waals surface area contributed by atoms with Gasteiger partial charge in [-0.25, -0.2) is 0 Å². The highest BCUT2D eigenvalue weighted by molar-refractivity contribution is 5.94. The van der Waals surface area contributed by atoms with Gasteiger partial charge in [0.05, 0.1) is 6.61 Å². The molecule has 4 heteroatoms. The molecule has 0 aliphatic carbocycles. The van der Waals surface area contributed by atoms with Crippen LogP contribution in [0.15, 0.2) is 48.5 Å². The minimum absolute atomic E-state index is 0.165. The summed E-state index contributed by atoms with van der Waals surface area (Å²) in [7, 11) is 0. The van der Waals surface area contributed by atoms with Crippen LogP contribution >= 0.6 is 0 Å². The zero-order valence-electron chi connectivity index (χ0n) is 13.8. The van der Waals surface area contributed by atoms with Crippen LogP contribution in [0.2, 0.25) is 0 Å². The van der Waals surface area contributed by atoms with Crippen molar-refractivity contribution in [2.24, 2.45) is 0 Å². The van der Waals surface area contributed by atoms with Crippen LogP contribution < -0.4 is 14.8 Å². The molecule has 0 radical (unpaired) electrons. The summed E-state index contributed by atoms with van der Waals surface area (Å²) in [6.45, 7) is 6.38. The maximum absolute atomic E-state index is 12.4. The quantitative estimate of drug-likeness (QED) is 0.833. The lowest BCUT2D eigenvalue weighted by molar-refractivity contribution is -0.122. The Bertz CT molecular complexity index is 640. The van der Waals surface area contributed by atoms with Crippen LogP contribution in [0.3, 0.4) is 0 Å². The van der Waals surface area contributed by atoms with Gasteiger partial charge in [-0.15, -0.1) is 0 Å². The van der Waals surface area contributed by atoms with E-state index in [1.54, 1.807) is 0 Å². The molecule has 4 nitrogen and oxygen atoms in total. The number of ether oxygens (including phenoxy) is 2. The summed E-state index contributed by atoms with van der Waals surface area (Å²) in [5.74, 6) is 1.09. The fraction of sp³-hybridized carbons (Fsp3) is 0.316. The van der Waals surface area contributed by atoms with Crippen LogP contribution in [0, 0.1) is 6.92 Å². The Morgan fingerprint density at radius 2 is 1.83 bits per heavy atom. The summed E-state index contributed by atoms with van der Waals surface area (Å²) in [6.07, 6.45) is -0.00454. The third-order valence-electron chi connectivity index (χ3n) is 3.37.